The van der Waals surface area contributed by atoms with Crippen molar-refractivity contribution in [2.45, 2.75) is 39.2 Å². The maximum atomic E-state index is 13.0. The van der Waals surface area contributed by atoms with Crippen molar-refractivity contribution in [1.29, 1.82) is 0 Å². The molecule has 27 heavy (non-hydrogen) atoms. The van der Waals surface area contributed by atoms with E-state index in [1.165, 1.54) is 0 Å². The lowest BCUT2D eigenvalue weighted by Crippen LogP contribution is -2.44. The molecule has 1 aromatic rings. The van der Waals surface area contributed by atoms with E-state index in [2.05, 4.69) is 0 Å². The van der Waals surface area contributed by atoms with Gasteiger partial charge >= 0.3 is 0 Å². The Kier molecular flexibility index (Phi) is 6.24. The molecule has 0 spiro atoms. The molecule has 1 aromatic carbocycles. The van der Waals surface area contributed by atoms with Gasteiger partial charge in [-0.15, -0.1) is 0 Å². The highest BCUT2D eigenvalue weighted by atomic mass is 16.5. The molecule has 0 bridgehead atoms. The summed E-state index contributed by atoms with van der Waals surface area (Å²) in [6, 6.07) is 5.76. The Bertz CT molecular complexity index is 679. The lowest BCUT2D eigenvalue weighted by atomic mass is 9.94. The van der Waals surface area contributed by atoms with Gasteiger partial charge in [0, 0.05) is 38.0 Å². The Morgan fingerprint density at radius 2 is 1.70 bits per heavy atom. The molecule has 1 heterocycles. The zero-order valence-corrected chi connectivity index (χ0v) is 16.6. The molecule has 2 fully saturated rings. The average Bonchev–Trinajstić information content (AvgIpc) is 3.56. The van der Waals surface area contributed by atoms with E-state index in [0.717, 1.165) is 31.2 Å². The van der Waals surface area contributed by atoms with Crippen LogP contribution < -0.4 is 9.47 Å². The number of rotatable bonds is 7. The van der Waals surface area contributed by atoms with E-state index in [0.29, 0.717) is 43.6 Å². The summed E-state index contributed by atoms with van der Waals surface area (Å²) in [6.45, 7) is 4.63. The van der Waals surface area contributed by atoms with Gasteiger partial charge in [-0.05, 0) is 50.3 Å². The van der Waals surface area contributed by atoms with Crippen LogP contribution in [0.25, 0.3) is 0 Å². The first-order chi connectivity index (χ1) is 13.1. The van der Waals surface area contributed by atoms with Crippen LogP contribution in [0.1, 0.15) is 38.2 Å². The minimum atomic E-state index is 0.00773. The van der Waals surface area contributed by atoms with Crippen LogP contribution in [0.2, 0.25) is 0 Å². The summed E-state index contributed by atoms with van der Waals surface area (Å²) in [5.41, 5.74) is 1.02. The first-order valence-corrected chi connectivity index (χ1v) is 9.85. The van der Waals surface area contributed by atoms with Crippen LogP contribution in [0.15, 0.2) is 18.2 Å². The molecule has 6 heteroatoms. The molecule has 0 aromatic heterocycles. The molecule has 1 aliphatic carbocycles. The Balaban J connectivity index is 1.58. The van der Waals surface area contributed by atoms with Gasteiger partial charge in [0.25, 0.3) is 0 Å². The van der Waals surface area contributed by atoms with Crippen LogP contribution in [0.3, 0.4) is 0 Å². The van der Waals surface area contributed by atoms with Crippen molar-refractivity contribution in [2.75, 3.05) is 33.9 Å². The number of piperidine rings is 1. The van der Waals surface area contributed by atoms with Crippen molar-refractivity contribution < 1.29 is 19.1 Å². The van der Waals surface area contributed by atoms with E-state index in [4.69, 9.17) is 9.47 Å². The van der Waals surface area contributed by atoms with Crippen LogP contribution in [-0.2, 0) is 16.1 Å². The highest BCUT2D eigenvalue weighted by molar-refractivity contribution is 5.82. The summed E-state index contributed by atoms with van der Waals surface area (Å²) in [5, 5.41) is 0. The molecule has 0 atom stereocenters. The number of methoxy groups -OCH3 is 2. The molecule has 148 valence electrons. The number of likely N-dealkylation sites (tertiary alicyclic amines) is 1. The second-order valence-corrected chi connectivity index (χ2v) is 7.42. The Labute approximate surface area is 161 Å². The number of carbonyl (C=O) groups is 2. The molecule has 3 rings (SSSR count). The Morgan fingerprint density at radius 3 is 2.26 bits per heavy atom. The third kappa shape index (κ3) is 4.54. The van der Waals surface area contributed by atoms with E-state index in [1.807, 2.05) is 34.9 Å². The maximum Gasteiger partial charge on any atom is 0.226 e. The lowest BCUT2D eigenvalue weighted by molar-refractivity contribution is -0.141. The van der Waals surface area contributed by atoms with Gasteiger partial charge in [-0.1, -0.05) is 6.07 Å². The summed E-state index contributed by atoms with van der Waals surface area (Å²) >= 11 is 0. The van der Waals surface area contributed by atoms with Crippen LogP contribution in [-0.4, -0.2) is 55.5 Å². The van der Waals surface area contributed by atoms with Crippen molar-refractivity contribution in [2.24, 2.45) is 11.8 Å². The van der Waals surface area contributed by atoms with E-state index in [-0.39, 0.29) is 17.7 Å². The zero-order valence-electron chi connectivity index (χ0n) is 16.6. The first-order valence-electron chi connectivity index (χ1n) is 9.85. The highest BCUT2D eigenvalue weighted by Crippen LogP contribution is 2.33. The molecule has 1 aliphatic heterocycles. The third-order valence-electron chi connectivity index (χ3n) is 5.60. The maximum absolute atomic E-state index is 13.0. The van der Waals surface area contributed by atoms with Crippen LogP contribution in [0.5, 0.6) is 11.5 Å². The number of nitrogens with zero attached hydrogens (tertiary/aromatic N) is 2. The van der Waals surface area contributed by atoms with Crippen molar-refractivity contribution in [1.82, 2.24) is 9.80 Å². The van der Waals surface area contributed by atoms with Crippen LogP contribution in [0.4, 0.5) is 0 Å². The lowest BCUT2D eigenvalue weighted by Gasteiger charge is -2.34. The number of carbonyl (C=O) groups excluding carboxylic acids is 2. The molecular weight excluding hydrogens is 344 g/mol. The SMILES string of the molecule is CCN(Cc1ccc(OC)c(OC)c1)C(=O)C1CCN(C(=O)C2CC2)CC1. The molecule has 1 saturated heterocycles. The van der Waals surface area contributed by atoms with Crippen molar-refractivity contribution in [3.8, 4) is 11.5 Å². The predicted molar refractivity (Wildman–Crippen MR) is 103 cm³/mol. The molecule has 6 nitrogen and oxygen atoms in total. The summed E-state index contributed by atoms with van der Waals surface area (Å²) in [6.07, 6.45) is 3.60. The standard InChI is InChI=1S/C21H30N2O4/c1-4-22(14-15-5-8-18(26-2)19(13-15)27-3)20(24)17-9-11-23(12-10-17)21(25)16-6-7-16/h5,8,13,16-17H,4,6-7,9-12,14H2,1-3H3. The number of ether oxygens (including phenoxy) is 2. The van der Waals surface area contributed by atoms with E-state index in [9.17, 15) is 9.59 Å². The van der Waals surface area contributed by atoms with Gasteiger partial charge in [-0.3, -0.25) is 9.59 Å². The van der Waals surface area contributed by atoms with Gasteiger partial charge < -0.3 is 19.3 Å². The Morgan fingerprint density at radius 1 is 1.04 bits per heavy atom. The fourth-order valence-electron chi connectivity index (χ4n) is 3.74. The Hall–Kier alpha value is -2.24. The monoisotopic (exact) mass is 374 g/mol. The molecular formula is C21H30N2O4. The molecule has 2 amide bonds. The predicted octanol–water partition coefficient (Wildman–Crippen LogP) is 2.70. The van der Waals surface area contributed by atoms with Crippen molar-refractivity contribution in [3.63, 3.8) is 0 Å². The third-order valence-corrected chi connectivity index (χ3v) is 5.60. The second-order valence-electron chi connectivity index (χ2n) is 7.42. The minimum absolute atomic E-state index is 0.00773. The second kappa shape index (κ2) is 8.63. The van der Waals surface area contributed by atoms with Gasteiger partial charge in [-0.2, -0.15) is 0 Å². The number of benzene rings is 1. The van der Waals surface area contributed by atoms with E-state index < -0.39 is 0 Å². The summed E-state index contributed by atoms with van der Waals surface area (Å²) in [7, 11) is 3.22. The fraction of sp³-hybridized carbons (Fsp3) is 0.619. The van der Waals surface area contributed by atoms with Crippen molar-refractivity contribution >= 4 is 11.8 Å². The van der Waals surface area contributed by atoms with Gasteiger partial charge in [-0.25, -0.2) is 0 Å². The van der Waals surface area contributed by atoms with Crippen molar-refractivity contribution in [3.05, 3.63) is 23.8 Å². The van der Waals surface area contributed by atoms with Gasteiger partial charge in [0.05, 0.1) is 14.2 Å². The fourth-order valence-corrected chi connectivity index (χ4v) is 3.74. The minimum Gasteiger partial charge on any atom is -0.493 e. The molecule has 2 aliphatic rings. The summed E-state index contributed by atoms with van der Waals surface area (Å²) < 4.78 is 10.6. The van der Waals surface area contributed by atoms with E-state index in [1.54, 1.807) is 14.2 Å². The number of hydrogen-bond acceptors (Lipinski definition) is 4. The molecule has 0 N–H and O–H groups in total. The quantitative estimate of drug-likeness (QED) is 0.736. The largest absolute Gasteiger partial charge is 0.493 e. The first kappa shape index (κ1) is 19.5. The number of hydrogen-bond donors (Lipinski definition) is 0. The van der Waals surface area contributed by atoms with E-state index >= 15 is 0 Å². The van der Waals surface area contributed by atoms with Crippen LogP contribution in [0, 0.1) is 11.8 Å². The zero-order chi connectivity index (χ0) is 19.4. The molecule has 1 saturated carbocycles. The normalized spacial score (nSPS) is 17.5. The molecule has 0 unspecified atom stereocenters. The summed E-state index contributed by atoms with van der Waals surface area (Å²) in [4.78, 5) is 29.0. The van der Waals surface area contributed by atoms with Gasteiger partial charge in [0.15, 0.2) is 11.5 Å². The van der Waals surface area contributed by atoms with Gasteiger partial charge in [0.2, 0.25) is 11.8 Å². The average molecular weight is 374 g/mol. The summed E-state index contributed by atoms with van der Waals surface area (Å²) in [5.74, 6) is 2.10. The highest BCUT2D eigenvalue weighted by Gasteiger charge is 2.36. The topological polar surface area (TPSA) is 59.1 Å². The van der Waals surface area contributed by atoms with Crippen LogP contribution >= 0.6 is 0 Å². The molecule has 0 radical (unpaired) electrons. The number of amides is 2. The van der Waals surface area contributed by atoms with Gasteiger partial charge in [0.1, 0.15) is 0 Å². The smallest absolute Gasteiger partial charge is 0.226 e.